The number of guanidine groups is 1. The SMILES string of the molecule is CCCC(=O)Nc1cccc(CNC(=NC)N2CC3OCCN(Cc4ccccc4)C3C2)c1.I. The average Bonchev–Trinajstić information content (AvgIpc) is 3.26. The zero-order valence-electron chi connectivity index (χ0n) is 20.1. The molecule has 2 atom stereocenters. The lowest BCUT2D eigenvalue weighted by Crippen LogP contribution is -2.50. The first kappa shape index (κ1) is 26.4. The number of carbonyl (C=O) groups excluding carboxylic acids is 1. The Morgan fingerprint density at radius 3 is 2.68 bits per heavy atom. The molecule has 2 N–H and O–H groups in total. The molecule has 8 heteroatoms. The highest BCUT2D eigenvalue weighted by Gasteiger charge is 2.41. The van der Waals surface area contributed by atoms with E-state index in [1.165, 1.54) is 5.56 Å². The molecule has 2 aromatic carbocycles. The first-order valence-electron chi connectivity index (χ1n) is 11.9. The number of nitrogens with one attached hydrogen (secondary N) is 2. The average molecular weight is 578 g/mol. The maximum atomic E-state index is 11.9. The second-order valence-electron chi connectivity index (χ2n) is 8.74. The minimum absolute atomic E-state index is 0. The summed E-state index contributed by atoms with van der Waals surface area (Å²) in [5, 5.41) is 6.47. The first-order valence-corrected chi connectivity index (χ1v) is 11.9. The summed E-state index contributed by atoms with van der Waals surface area (Å²) >= 11 is 0. The van der Waals surface area contributed by atoms with E-state index in [1.807, 2.05) is 32.2 Å². The molecule has 2 fully saturated rings. The van der Waals surface area contributed by atoms with Gasteiger partial charge in [0.05, 0.1) is 18.8 Å². The van der Waals surface area contributed by atoms with E-state index in [9.17, 15) is 4.79 Å². The first-order chi connectivity index (χ1) is 16.2. The Morgan fingerprint density at radius 2 is 1.91 bits per heavy atom. The van der Waals surface area contributed by atoms with E-state index in [-0.39, 0.29) is 36.0 Å². The number of amides is 1. The van der Waals surface area contributed by atoms with Crippen LogP contribution in [-0.2, 0) is 22.6 Å². The molecule has 2 aliphatic rings. The van der Waals surface area contributed by atoms with Gasteiger partial charge in [0.15, 0.2) is 5.96 Å². The highest BCUT2D eigenvalue weighted by molar-refractivity contribution is 14.0. The Labute approximate surface area is 220 Å². The lowest BCUT2D eigenvalue weighted by Gasteiger charge is -2.36. The van der Waals surface area contributed by atoms with Gasteiger partial charge in [-0.15, -0.1) is 24.0 Å². The van der Waals surface area contributed by atoms with Crippen LogP contribution < -0.4 is 10.6 Å². The number of morpholine rings is 1. The van der Waals surface area contributed by atoms with Gasteiger partial charge >= 0.3 is 0 Å². The summed E-state index contributed by atoms with van der Waals surface area (Å²) < 4.78 is 6.12. The highest BCUT2D eigenvalue weighted by Crippen LogP contribution is 2.25. The molecule has 7 nitrogen and oxygen atoms in total. The Kier molecular flexibility index (Phi) is 10.2. The van der Waals surface area contributed by atoms with Crippen LogP contribution in [0.4, 0.5) is 5.69 Å². The molecule has 34 heavy (non-hydrogen) atoms. The predicted octanol–water partition coefficient (Wildman–Crippen LogP) is 3.70. The van der Waals surface area contributed by atoms with Crippen molar-refractivity contribution < 1.29 is 9.53 Å². The minimum atomic E-state index is 0. The third-order valence-electron chi connectivity index (χ3n) is 6.29. The third-order valence-corrected chi connectivity index (χ3v) is 6.29. The largest absolute Gasteiger partial charge is 0.373 e. The van der Waals surface area contributed by atoms with E-state index >= 15 is 0 Å². The van der Waals surface area contributed by atoms with Crippen molar-refractivity contribution in [3.63, 3.8) is 0 Å². The standard InChI is InChI=1S/C26H35N5O2.HI/c1-3-8-25(32)29-22-12-7-11-21(15-22)16-28-26(27-2)31-18-23-24(19-31)33-14-13-30(23)17-20-9-5-4-6-10-20;/h4-7,9-12,15,23-24H,3,8,13-14,16-19H2,1-2H3,(H,27,28)(H,29,32);1H. The minimum Gasteiger partial charge on any atom is -0.373 e. The molecule has 0 aliphatic carbocycles. The van der Waals surface area contributed by atoms with Crippen LogP contribution in [0.5, 0.6) is 0 Å². The molecule has 1 amide bonds. The molecule has 0 aromatic heterocycles. The Balaban J connectivity index is 0.00000324. The number of anilines is 1. The zero-order valence-corrected chi connectivity index (χ0v) is 22.4. The molecule has 2 aromatic rings. The van der Waals surface area contributed by atoms with Crippen LogP contribution in [0, 0.1) is 0 Å². The Morgan fingerprint density at radius 1 is 1.12 bits per heavy atom. The number of likely N-dealkylation sites (tertiary alicyclic amines) is 1. The molecule has 184 valence electrons. The lowest BCUT2D eigenvalue weighted by molar-refractivity contribution is -0.116. The van der Waals surface area contributed by atoms with Gasteiger partial charge in [0, 0.05) is 51.9 Å². The second-order valence-corrected chi connectivity index (χ2v) is 8.74. The number of fused-ring (bicyclic) bond motifs is 1. The fourth-order valence-electron chi connectivity index (χ4n) is 4.67. The molecule has 2 heterocycles. The lowest BCUT2D eigenvalue weighted by atomic mass is 10.1. The molecule has 2 saturated heterocycles. The molecular formula is C26H36IN5O2. The van der Waals surface area contributed by atoms with Crippen LogP contribution in [0.15, 0.2) is 59.6 Å². The fraction of sp³-hybridized carbons (Fsp3) is 0.462. The molecule has 2 aliphatic heterocycles. The van der Waals surface area contributed by atoms with Gasteiger partial charge in [-0.3, -0.25) is 14.7 Å². The van der Waals surface area contributed by atoms with Crippen LogP contribution in [0.25, 0.3) is 0 Å². The second kappa shape index (κ2) is 13.1. The molecule has 0 saturated carbocycles. The van der Waals surface area contributed by atoms with Crippen molar-refractivity contribution in [1.82, 2.24) is 15.1 Å². The molecule has 0 spiro atoms. The summed E-state index contributed by atoms with van der Waals surface area (Å²) in [6.45, 7) is 7.04. The van der Waals surface area contributed by atoms with Crippen LogP contribution in [0.1, 0.15) is 30.9 Å². The van der Waals surface area contributed by atoms with Crippen molar-refractivity contribution in [2.45, 2.75) is 45.0 Å². The van der Waals surface area contributed by atoms with Crippen LogP contribution in [-0.4, -0.2) is 67.1 Å². The Hall–Kier alpha value is -2.17. The molecule has 2 unspecified atom stereocenters. The van der Waals surface area contributed by atoms with Crippen molar-refractivity contribution in [3.8, 4) is 0 Å². The number of nitrogens with zero attached hydrogens (tertiary/aromatic N) is 3. The molecule has 0 bridgehead atoms. The quantitative estimate of drug-likeness (QED) is 0.299. The number of carbonyl (C=O) groups is 1. The van der Waals surface area contributed by atoms with Gasteiger partial charge in [0.1, 0.15) is 0 Å². The smallest absolute Gasteiger partial charge is 0.224 e. The van der Waals surface area contributed by atoms with Crippen LogP contribution in [0.3, 0.4) is 0 Å². The monoisotopic (exact) mass is 577 g/mol. The molecule has 4 rings (SSSR count). The van der Waals surface area contributed by atoms with Gasteiger partial charge in [-0.1, -0.05) is 49.4 Å². The third kappa shape index (κ3) is 6.93. The summed E-state index contributed by atoms with van der Waals surface area (Å²) in [7, 11) is 1.83. The molecule has 0 radical (unpaired) electrons. The number of halogens is 1. The normalized spacial score (nSPS) is 20.4. The number of hydrogen-bond donors (Lipinski definition) is 2. The van der Waals surface area contributed by atoms with Gasteiger partial charge in [-0.2, -0.15) is 0 Å². The van der Waals surface area contributed by atoms with Gasteiger partial charge < -0.3 is 20.3 Å². The van der Waals surface area contributed by atoms with Crippen LogP contribution in [0.2, 0.25) is 0 Å². The summed E-state index contributed by atoms with van der Waals surface area (Å²) in [5.74, 6) is 0.936. The van der Waals surface area contributed by atoms with E-state index in [0.717, 1.165) is 56.4 Å². The van der Waals surface area contributed by atoms with Crippen molar-refractivity contribution in [3.05, 3.63) is 65.7 Å². The Bertz CT molecular complexity index is 955. The maximum Gasteiger partial charge on any atom is 0.224 e. The van der Waals surface area contributed by atoms with Crippen molar-refractivity contribution in [1.29, 1.82) is 0 Å². The summed E-state index contributed by atoms with van der Waals surface area (Å²) in [6, 6.07) is 19.0. The summed E-state index contributed by atoms with van der Waals surface area (Å²) in [6.07, 6.45) is 1.57. The van der Waals surface area contributed by atoms with E-state index in [2.05, 4.69) is 61.8 Å². The maximum absolute atomic E-state index is 11.9. The predicted molar refractivity (Wildman–Crippen MR) is 148 cm³/mol. The fourth-order valence-corrected chi connectivity index (χ4v) is 4.67. The number of aliphatic imine (C=N–C) groups is 1. The highest BCUT2D eigenvalue weighted by atomic mass is 127. The zero-order chi connectivity index (χ0) is 23.0. The topological polar surface area (TPSA) is 69.2 Å². The number of ether oxygens (including phenoxy) is 1. The number of rotatable bonds is 7. The summed E-state index contributed by atoms with van der Waals surface area (Å²) in [5.41, 5.74) is 3.27. The van der Waals surface area contributed by atoms with Gasteiger partial charge in [-0.05, 0) is 29.7 Å². The van der Waals surface area contributed by atoms with Gasteiger partial charge in [0.2, 0.25) is 5.91 Å². The van der Waals surface area contributed by atoms with E-state index < -0.39 is 0 Å². The van der Waals surface area contributed by atoms with Crippen molar-refractivity contribution in [2.24, 2.45) is 4.99 Å². The van der Waals surface area contributed by atoms with E-state index in [4.69, 9.17) is 4.74 Å². The van der Waals surface area contributed by atoms with Crippen molar-refractivity contribution in [2.75, 3.05) is 38.6 Å². The number of hydrogen-bond acceptors (Lipinski definition) is 4. The van der Waals surface area contributed by atoms with E-state index in [1.54, 1.807) is 0 Å². The van der Waals surface area contributed by atoms with Gasteiger partial charge in [0.25, 0.3) is 0 Å². The number of benzene rings is 2. The van der Waals surface area contributed by atoms with E-state index in [0.29, 0.717) is 19.0 Å². The van der Waals surface area contributed by atoms with Gasteiger partial charge in [-0.25, -0.2) is 0 Å². The summed E-state index contributed by atoms with van der Waals surface area (Å²) in [4.78, 5) is 21.3. The van der Waals surface area contributed by atoms with Crippen LogP contribution >= 0.6 is 24.0 Å². The van der Waals surface area contributed by atoms with Crippen molar-refractivity contribution >= 4 is 41.5 Å². The molecular weight excluding hydrogens is 541 g/mol.